The van der Waals surface area contributed by atoms with Crippen LogP contribution in [0.2, 0.25) is 5.02 Å². The Balaban J connectivity index is 1.91. The van der Waals surface area contributed by atoms with Crippen LogP contribution in [0.3, 0.4) is 0 Å². The molecule has 3 nitrogen and oxygen atoms in total. The molecule has 0 aliphatic rings. The minimum atomic E-state index is -0.169. The summed E-state index contributed by atoms with van der Waals surface area (Å²) in [5.41, 5.74) is 7.04. The van der Waals surface area contributed by atoms with Gasteiger partial charge in [0.15, 0.2) is 0 Å². The molecule has 1 amide bonds. The average Bonchev–Trinajstić information content (AvgIpc) is 2.84. The van der Waals surface area contributed by atoms with E-state index in [0.717, 1.165) is 10.1 Å². The maximum absolute atomic E-state index is 12.2. The lowest BCUT2D eigenvalue weighted by atomic mass is 10.2. The van der Waals surface area contributed by atoms with Crippen molar-refractivity contribution in [2.45, 2.75) is 0 Å². The molecule has 3 rings (SSSR count). The number of halogens is 1. The Kier molecular flexibility index (Phi) is 3.34. The van der Waals surface area contributed by atoms with E-state index in [4.69, 9.17) is 17.3 Å². The SMILES string of the molecule is Nc1ccc2sc(C(=O)Nc3ccccc3Cl)cc2c1. The van der Waals surface area contributed by atoms with Crippen LogP contribution in [0, 0.1) is 0 Å². The molecule has 0 unspecified atom stereocenters. The van der Waals surface area contributed by atoms with Crippen molar-refractivity contribution in [3.05, 3.63) is 58.4 Å². The quantitative estimate of drug-likeness (QED) is 0.690. The summed E-state index contributed by atoms with van der Waals surface area (Å²) in [6, 6.07) is 14.6. The molecule has 0 atom stereocenters. The molecule has 5 heteroatoms. The lowest BCUT2D eigenvalue weighted by Crippen LogP contribution is -2.10. The molecule has 3 aromatic rings. The lowest BCUT2D eigenvalue weighted by molar-refractivity contribution is 0.103. The summed E-state index contributed by atoms with van der Waals surface area (Å²) in [5.74, 6) is -0.169. The van der Waals surface area contributed by atoms with Crippen molar-refractivity contribution in [2.24, 2.45) is 0 Å². The van der Waals surface area contributed by atoms with E-state index in [9.17, 15) is 4.79 Å². The Morgan fingerprint density at radius 1 is 1.15 bits per heavy atom. The van der Waals surface area contributed by atoms with Gasteiger partial charge in [0.2, 0.25) is 0 Å². The number of anilines is 2. The molecular formula is C15H11ClN2OS. The van der Waals surface area contributed by atoms with Gasteiger partial charge in [0.1, 0.15) is 0 Å². The fourth-order valence-electron chi connectivity index (χ4n) is 1.92. The molecule has 0 aliphatic carbocycles. The standard InChI is InChI=1S/C15H11ClN2OS/c16-11-3-1-2-4-12(11)18-15(19)14-8-9-7-10(17)5-6-13(9)20-14/h1-8H,17H2,(H,18,19). The van der Waals surface area contributed by atoms with Crippen LogP contribution >= 0.6 is 22.9 Å². The molecule has 0 spiro atoms. The molecule has 100 valence electrons. The molecule has 0 aliphatic heterocycles. The molecular weight excluding hydrogens is 292 g/mol. The van der Waals surface area contributed by atoms with Crippen LogP contribution in [0.5, 0.6) is 0 Å². The highest BCUT2D eigenvalue weighted by atomic mass is 35.5. The van der Waals surface area contributed by atoms with Gasteiger partial charge in [0.25, 0.3) is 5.91 Å². The molecule has 0 saturated carbocycles. The lowest BCUT2D eigenvalue weighted by Gasteiger charge is -2.04. The number of nitrogens with one attached hydrogen (secondary N) is 1. The number of rotatable bonds is 2. The van der Waals surface area contributed by atoms with Gasteiger partial charge in [-0.05, 0) is 41.8 Å². The third kappa shape index (κ3) is 2.48. The number of benzene rings is 2. The van der Waals surface area contributed by atoms with Gasteiger partial charge in [-0.25, -0.2) is 0 Å². The Morgan fingerprint density at radius 3 is 2.75 bits per heavy atom. The minimum Gasteiger partial charge on any atom is -0.399 e. The molecule has 0 radical (unpaired) electrons. The fourth-order valence-corrected chi connectivity index (χ4v) is 3.04. The predicted octanol–water partition coefficient (Wildman–Crippen LogP) is 4.39. The van der Waals surface area contributed by atoms with Crippen LogP contribution in [0.15, 0.2) is 48.5 Å². The van der Waals surface area contributed by atoms with E-state index in [2.05, 4.69) is 5.32 Å². The van der Waals surface area contributed by atoms with Crippen molar-refractivity contribution in [2.75, 3.05) is 11.1 Å². The maximum atomic E-state index is 12.2. The first-order valence-electron chi connectivity index (χ1n) is 5.98. The van der Waals surface area contributed by atoms with Crippen LogP contribution in [0.4, 0.5) is 11.4 Å². The molecule has 2 aromatic carbocycles. The number of hydrogen-bond acceptors (Lipinski definition) is 3. The van der Waals surface area contributed by atoms with Crippen molar-refractivity contribution in [3.63, 3.8) is 0 Å². The number of amides is 1. The van der Waals surface area contributed by atoms with E-state index in [1.807, 2.05) is 36.4 Å². The van der Waals surface area contributed by atoms with Crippen LogP contribution in [0.1, 0.15) is 9.67 Å². The maximum Gasteiger partial charge on any atom is 0.265 e. The van der Waals surface area contributed by atoms with Gasteiger partial charge in [0, 0.05) is 10.4 Å². The van der Waals surface area contributed by atoms with Crippen molar-refractivity contribution in [1.29, 1.82) is 0 Å². The van der Waals surface area contributed by atoms with Crippen molar-refractivity contribution >= 4 is 50.3 Å². The minimum absolute atomic E-state index is 0.169. The summed E-state index contributed by atoms with van der Waals surface area (Å²) in [7, 11) is 0. The average molecular weight is 303 g/mol. The largest absolute Gasteiger partial charge is 0.399 e. The van der Waals surface area contributed by atoms with Crippen LogP contribution < -0.4 is 11.1 Å². The van der Waals surface area contributed by atoms with E-state index in [1.165, 1.54) is 11.3 Å². The molecule has 0 bridgehead atoms. The number of carbonyl (C=O) groups is 1. The number of carbonyl (C=O) groups excluding carboxylic acids is 1. The van der Waals surface area contributed by atoms with Crippen LogP contribution in [-0.4, -0.2) is 5.91 Å². The second-order valence-electron chi connectivity index (χ2n) is 4.34. The van der Waals surface area contributed by atoms with E-state index in [0.29, 0.717) is 21.3 Å². The summed E-state index contributed by atoms with van der Waals surface area (Å²) in [6.07, 6.45) is 0. The summed E-state index contributed by atoms with van der Waals surface area (Å²) < 4.78 is 1.03. The molecule has 0 saturated heterocycles. The number of fused-ring (bicyclic) bond motifs is 1. The molecule has 20 heavy (non-hydrogen) atoms. The first kappa shape index (κ1) is 13.0. The van der Waals surface area contributed by atoms with Gasteiger partial charge < -0.3 is 11.1 Å². The zero-order chi connectivity index (χ0) is 14.1. The highest BCUT2D eigenvalue weighted by molar-refractivity contribution is 7.20. The van der Waals surface area contributed by atoms with Gasteiger partial charge in [-0.1, -0.05) is 23.7 Å². The van der Waals surface area contributed by atoms with E-state index < -0.39 is 0 Å². The topological polar surface area (TPSA) is 55.1 Å². The van der Waals surface area contributed by atoms with E-state index in [1.54, 1.807) is 12.1 Å². The third-order valence-corrected chi connectivity index (χ3v) is 4.33. The smallest absolute Gasteiger partial charge is 0.265 e. The zero-order valence-electron chi connectivity index (χ0n) is 10.4. The van der Waals surface area contributed by atoms with Crippen LogP contribution in [-0.2, 0) is 0 Å². The van der Waals surface area contributed by atoms with Crippen molar-refractivity contribution in [1.82, 2.24) is 0 Å². The number of nitrogen functional groups attached to an aromatic ring is 1. The first-order valence-corrected chi connectivity index (χ1v) is 7.18. The first-order chi connectivity index (χ1) is 9.63. The molecule has 1 aromatic heterocycles. The predicted molar refractivity (Wildman–Crippen MR) is 85.6 cm³/mol. The van der Waals surface area contributed by atoms with Gasteiger partial charge in [-0.3, -0.25) is 4.79 Å². The monoisotopic (exact) mass is 302 g/mol. The van der Waals surface area contributed by atoms with E-state index in [-0.39, 0.29) is 5.91 Å². The Morgan fingerprint density at radius 2 is 1.95 bits per heavy atom. The van der Waals surface area contributed by atoms with Gasteiger partial charge in [-0.2, -0.15) is 0 Å². The molecule has 0 fully saturated rings. The van der Waals surface area contributed by atoms with Crippen molar-refractivity contribution in [3.8, 4) is 0 Å². The summed E-state index contributed by atoms with van der Waals surface area (Å²) in [4.78, 5) is 12.9. The highest BCUT2D eigenvalue weighted by Crippen LogP contribution is 2.28. The Hall–Kier alpha value is -2.04. The Labute approximate surface area is 125 Å². The second kappa shape index (κ2) is 5.15. The van der Waals surface area contributed by atoms with Crippen molar-refractivity contribution < 1.29 is 4.79 Å². The number of para-hydroxylation sites is 1. The molecule has 1 heterocycles. The normalized spacial score (nSPS) is 10.7. The summed E-state index contributed by atoms with van der Waals surface area (Å²) in [6.45, 7) is 0. The van der Waals surface area contributed by atoms with Crippen LogP contribution in [0.25, 0.3) is 10.1 Å². The highest BCUT2D eigenvalue weighted by Gasteiger charge is 2.11. The summed E-state index contributed by atoms with van der Waals surface area (Å²) >= 11 is 7.46. The van der Waals surface area contributed by atoms with Gasteiger partial charge in [-0.15, -0.1) is 11.3 Å². The fraction of sp³-hybridized carbons (Fsp3) is 0. The van der Waals surface area contributed by atoms with Gasteiger partial charge >= 0.3 is 0 Å². The second-order valence-corrected chi connectivity index (χ2v) is 5.83. The Bertz CT molecular complexity index is 797. The van der Waals surface area contributed by atoms with E-state index >= 15 is 0 Å². The zero-order valence-corrected chi connectivity index (χ0v) is 12.0. The number of thiophene rings is 1. The summed E-state index contributed by atoms with van der Waals surface area (Å²) in [5, 5.41) is 4.30. The number of hydrogen-bond donors (Lipinski definition) is 2. The van der Waals surface area contributed by atoms with Gasteiger partial charge in [0.05, 0.1) is 15.6 Å². The third-order valence-electron chi connectivity index (χ3n) is 2.89. The molecule has 3 N–H and O–H groups in total. The number of nitrogens with two attached hydrogens (primary N) is 1.